The molecular formula is C10H23N3O3. The van der Waals surface area contributed by atoms with Gasteiger partial charge in [-0.15, -0.1) is 0 Å². The Morgan fingerprint density at radius 2 is 2.25 bits per heavy atom. The van der Waals surface area contributed by atoms with Crippen molar-refractivity contribution < 1.29 is 15.1 Å². The van der Waals surface area contributed by atoms with Gasteiger partial charge in [-0.3, -0.25) is 0 Å². The molecule has 16 heavy (non-hydrogen) atoms. The Labute approximate surface area is 96.5 Å². The summed E-state index contributed by atoms with van der Waals surface area (Å²) in [7, 11) is 1.64. The van der Waals surface area contributed by atoms with Gasteiger partial charge in [-0.2, -0.15) is 0 Å². The lowest BCUT2D eigenvalue weighted by atomic mass is 10.2. The van der Waals surface area contributed by atoms with Crippen LogP contribution in [0.4, 0.5) is 0 Å². The van der Waals surface area contributed by atoms with Crippen LogP contribution in [0, 0.1) is 0 Å². The zero-order chi connectivity index (χ0) is 12.2. The predicted molar refractivity (Wildman–Crippen MR) is 62.6 cm³/mol. The number of ether oxygens (including phenoxy) is 1. The summed E-state index contributed by atoms with van der Waals surface area (Å²) >= 11 is 0. The van der Waals surface area contributed by atoms with Gasteiger partial charge in [-0.1, -0.05) is 5.16 Å². The number of oxime groups is 1. The third-order valence-corrected chi connectivity index (χ3v) is 2.27. The summed E-state index contributed by atoms with van der Waals surface area (Å²) in [6, 6.07) is 0.193. The number of hydrogen-bond acceptors (Lipinski definition) is 5. The van der Waals surface area contributed by atoms with Crippen molar-refractivity contribution in [2.45, 2.75) is 31.7 Å². The van der Waals surface area contributed by atoms with Gasteiger partial charge in [0.2, 0.25) is 0 Å². The maximum Gasteiger partial charge on any atom is 0.139 e. The SMILES string of the molecule is COCC(CCO)NCCCCC(N)=NO. The molecular weight excluding hydrogens is 210 g/mol. The van der Waals surface area contributed by atoms with Crippen molar-refractivity contribution >= 4 is 5.84 Å². The Morgan fingerprint density at radius 1 is 1.50 bits per heavy atom. The molecule has 0 aliphatic heterocycles. The van der Waals surface area contributed by atoms with Crippen LogP contribution in [0.15, 0.2) is 5.16 Å². The molecule has 0 heterocycles. The third kappa shape index (κ3) is 8.46. The van der Waals surface area contributed by atoms with Crippen LogP contribution < -0.4 is 11.1 Å². The Balaban J connectivity index is 3.46. The minimum atomic E-state index is 0.158. The predicted octanol–water partition coefficient (Wildman–Crippen LogP) is -0.110. The Hall–Kier alpha value is -0.850. The molecule has 0 saturated heterocycles. The molecule has 0 rings (SSSR count). The first-order chi connectivity index (χ1) is 7.74. The zero-order valence-electron chi connectivity index (χ0n) is 9.85. The van der Waals surface area contributed by atoms with Crippen LogP contribution in [0.2, 0.25) is 0 Å². The van der Waals surface area contributed by atoms with Crippen LogP contribution in [0.1, 0.15) is 25.7 Å². The van der Waals surface area contributed by atoms with E-state index in [0.29, 0.717) is 19.4 Å². The van der Waals surface area contributed by atoms with E-state index in [4.69, 9.17) is 20.8 Å². The second kappa shape index (κ2) is 10.7. The van der Waals surface area contributed by atoms with Crippen molar-refractivity contribution in [1.82, 2.24) is 5.32 Å². The molecule has 0 aromatic heterocycles. The molecule has 0 radical (unpaired) electrons. The summed E-state index contributed by atoms with van der Waals surface area (Å²) in [6.07, 6.45) is 3.12. The van der Waals surface area contributed by atoms with Crippen LogP contribution in [-0.2, 0) is 4.74 Å². The summed E-state index contributed by atoms with van der Waals surface area (Å²) in [5.74, 6) is 0.267. The van der Waals surface area contributed by atoms with Gasteiger partial charge in [0, 0.05) is 26.2 Å². The molecule has 0 aromatic carbocycles. The Morgan fingerprint density at radius 3 is 2.81 bits per heavy atom. The molecule has 0 amide bonds. The van der Waals surface area contributed by atoms with E-state index < -0.39 is 0 Å². The summed E-state index contributed by atoms with van der Waals surface area (Å²) in [4.78, 5) is 0. The van der Waals surface area contributed by atoms with Crippen LogP contribution in [0.3, 0.4) is 0 Å². The van der Waals surface area contributed by atoms with E-state index in [1.165, 1.54) is 0 Å². The van der Waals surface area contributed by atoms with Gasteiger partial charge < -0.3 is 26.1 Å². The Bertz CT molecular complexity index is 182. The second-order valence-corrected chi connectivity index (χ2v) is 3.67. The van der Waals surface area contributed by atoms with E-state index in [9.17, 15) is 0 Å². The standard InChI is InChI=1S/C10H23N3O3/c1-16-8-9(5-7-14)12-6-3-2-4-10(11)13-15/h9,12,14-15H,2-8H2,1H3,(H2,11,13). The van der Waals surface area contributed by atoms with E-state index in [-0.39, 0.29) is 18.5 Å². The van der Waals surface area contributed by atoms with Gasteiger partial charge in [-0.05, 0) is 25.8 Å². The summed E-state index contributed by atoms with van der Waals surface area (Å²) in [5.41, 5.74) is 5.34. The summed E-state index contributed by atoms with van der Waals surface area (Å²) in [6.45, 7) is 1.60. The average Bonchev–Trinajstić information content (AvgIpc) is 2.28. The average molecular weight is 233 g/mol. The number of hydrogen-bond donors (Lipinski definition) is 4. The number of aliphatic hydroxyl groups is 1. The van der Waals surface area contributed by atoms with E-state index in [2.05, 4.69) is 10.5 Å². The van der Waals surface area contributed by atoms with Gasteiger partial charge in [0.25, 0.3) is 0 Å². The fourth-order valence-corrected chi connectivity index (χ4v) is 1.39. The first kappa shape index (κ1) is 15.2. The normalized spacial score (nSPS) is 14.0. The van der Waals surface area contributed by atoms with Crippen molar-refractivity contribution in [3.05, 3.63) is 0 Å². The van der Waals surface area contributed by atoms with Crippen molar-refractivity contribution in [2.24, 2.45) is 10.9 Å². The monoisotopic (exact) mass is 233 g/mol. The third-order valence-electron chi connectivity index (χ3n) is 2.27. The number of rotatable bonds is 10. The van der Waals surface area contributed by atoms with E-state index in [1.807, 2.05) is 0 Å². The highest BCUT2D eigenvalue weighted by Crippen LogP contribution is 1.96. The molecule has 0 aliphatic carbocycles. The number of unbranched alkanes of at least 4 members (excludes halogenated alkanes) is 1. The molecule has 6 heteroatoms. The molecule has 0 aliphatic rings. The van der Waals surface area contributed by atoms with Gasteiger partial charge >= 0.3 is 0 Å². The fourth-order valence-electron chi connectivity index (χ4n) is 1.39. The topological polar surface area (TPSA) is 100 Å². The van der Waals surface area contributed by atoms with Gasteiger partial charge in [0.15, 0.2) is 0 Å². The van der Waals surface area contributed by atoms with Crippen molar-refractivity contribution in [3.8, 4) is 0 Å². The van der Waals surface area contributed by atoms with Crippen LogP contribution in [-0.4, -0.2) is 49.1 Å². The van der Waals surface area contributed by atoms with Crippen molar-refractivity contribution in [1.29, 1.82) is 0 Å². The number of nitrogens with two attached hydrogens (primary N) is 1. The highest BCUT2D eigenvalue weighted by Gasteiger charge is 2.05. The highest BCUT2D eigenvalue weighted by atomic mass is 16.5. The van der Waals surface area contributed by atoms with Crippen molar-refractivity contribution in [2.75, 3.05) is 26.9 Å². The smallest absolute Gasteiger partial charge is 0.139 e. The minimum absolute atomic E-state index is 0.158. The molecule has 6 nitrogen and oxygen atoms in total. The number of amidine groups is 1. The summed E-state index contributed by atoms with van der Waals surface area (Å²) < 4.78 is 5.02. The lowest BCUT2D eigenvalue weighted by molar-refractivity contribution is 0.148. The maximum absolute atomic E-state index is 8.82. The van der Waals surface area contributed by atoms with E-state index >= 15 is 0 Å². The first-order valence-corrected chi connectivity index (χ1v) is 5.54. The Kier molecular flexibility index (Phi) is 10.1. The largest absolute Gasteiger partial charge is 0.409 e. The number of aliphatic hydroxyl groups excluding tert-OH is 1. The molecule has 0 aromatic rings. The van der Waals surface area contributed by atoms with Gasteiger partial charge in [0.05, 0.1) is 6.61 Å². The molecule has 0 bridgehead atoms. The first-order valence-electron chi connectivity index (χ1n) is 5.54. The highest BCUT2D eigenvalue weighted by molar-refractivity contribution is 5.79. The van der Waals surface area contributed by atoms with E-state index in [1.54, 1.807) is 7.11 Å². The fraction of sp³-hybridized carbons (Fsp3) is 0.900. The maximum atomic E-state index is 8.82. The minimum Gasteiger partial charge on any atom is -0.409 e. The van der Waals surface area contributed by atoms with Gasteiger partial charge in [0.1, 0.15) is 5.84 Å². The second-order valence-electron chi connectivity index (χ2n) is 3.67. The van der Waals surface area contributed by atoms with Crippen LogP contribution in [0.5, 0.6) is 0 Å². The van der Waals surface area contributed by atoms with E-state index in [0.717, 1.165) is 19.4 Å². The van der Waals surface area contributed by atoms with Crippen molar-refractivity contribution in [3.63, 3.8) is 0 Å². The lowest BCUT2D eigenvalue weighted by Crippen LogP contribution is -2.34. The summed E-state index contributed by atoms with van der Waals surface area (Å²) in [5, 5.41) is 23.3. The van der Waals surface area contributed by atoms with Gasteiger partial charge in [-0.25, -0.2) is 0 Å². The zero-order valence-corrected chi connectivity index (χ0v) is 9.85. The number of methoxy groups -OCH3 is 1. The molecule has 1 unspecified atom stereocenters. The van der Waals surface area contributed by atoms with Crippen LogP contribution >= 0.6 is 0 Å². The molecule has 5 N–H and O–H groups in total. The molecule has 0 spiro atoms. The number of nitrogens with one attached hydrogen (secondary N) is 1. The molecule has 1 atom stereocenters. The lowest BCUT2D eigenvalue weighted by Gasteiger charge is -2.16. The number of nitrogens with zero attached hydrogens (tertiary/aromatic N) is 1. The molecule has 0 saturated carbocycles. The molecule has 0 fully saturated rings. The molecule has 96 valence electrons. The van der Waals surface area contributed by atoms with Crippen LogP contribution in [0.25, 0.3) is 0 Å². The quantitative estimate of drug-likeness (QED) is 0.139.